The molecule has 0 saturated heterocycles. The molecule has 1 aromatic rings. The van der Waals surface area contributed by atoms with Crippen LogP contribution >= 0.6 is 15.9 Å². The van der Waals surface area contributed by atoms with Gasteiger partial charge in [-0.2, -0.15) is 0 Å². The van der Waals surface area contributed by atoms with Gasteiger partial charge in [-0.25, -0.2) is 5.10 Å². The van der Waals surface area contributed by atoms with Gasteiger partial charge in [-0.3, -0.25) is 4.79 Å². The molecule has 0 spiro atoms. The lowest BCUT2D eigenvalue weighted by Gasteiger charge is -2.17. The van der Waals surface area contributed by atoms with Crippen molar-refractivity contribution in [2.75, 3.05) is 6.61 Å². The number of halogens is 1. The van der Waals surface area contributed by atoms with Gasteiger partial charge < -0.3 is 13.5 Å². The molecule has 0 aliphatic rings. The van der Waals surface area contributed by atoms with Crippen molar-refractivity contribution in [3.8, 4) is 5.75 Å². The molecule has 16 heavy (non-hydrogen) atoms. The third kappa shape index (κ3) is 3.91. The Bertz CT molecular complexity index is 428. The van der Waals surface area contributed by atoms with E-state index in [0.29, 0.717) is 34.0 Å². The fraction of sp³-hybridized carbons (Fsp3) is 0.556. The highest BCUT2D eigenvalue weighted by molar-refractivity contribution is 9.10. The maximum absolute atomic E-state index is 11.7. The van der Waals surface area contributed by atoms with Gasteiger partial charge in [0.25, 0.3) is 5.56 Å². The molecule has 7 heteroatoms. The second-order valence-corrected chi connectivity index (χ2v) is 5.86. The van der Waals surface area contributed by atoms with Crippen molar-refractivity contribution >= 4 is 32.4 Å². The summed E-state index contributed by atoms with van der Waals surface area (Å²) in [5.41, 5.74) is -1.03. The lowest BCUT2D eigenvalue weighted by Crippen LogP contribution is -2.26. The van der Waals surface area contributed by atoms with Crippen molar-refractivity contribution in [2.24, 2.45) is 0 Å². The van der Waals surface area contributed by atoms with Crippen molar-refractivity contribution < 1.29 is 9.84 Å². The van der Waals surface area contributed by atoms with E-state index < -0.39 is 5.60 Å². The first-order valence-electron chi connectivity index (χ1n) is 4.88. The summed E-state index contributed by atoms with van der Waals surface area (Å²) in [5, 5.41) is 13.4. The first kappa shape index (κ1) is 13.7. The van der Waals surface area contributed by atoms with Crippen LogP contribution in [-0.4, -0.2) is 42.6 Å². The molecule has 88 valence electrons. The minimum atomic E-state index is -0.792. The van der Waals surface area contributed by atoms with Crippen LogP contribution in [0.5, 0.6) is 5.75 Å². The van der Waals surface area contributed by atoms with E-state index in [0.717, 1.165) is 0 Å². The van der Waals surface area contributed by atoms with Crippen LogP contribution in [0.3, 0.4) is 0 Å². The fourth-order valence-electron chi connectivity index (χ4n) is 1.03. The summed E-state index contributed by atoms with van der Waals surface area (Å²) < 4.78 is 7.25. The Balaban J connectivity index is 2.75. The van der Waals surface area contributed by atoms with Gasteiger partial charge in [0, 0.05) is 6.42 Å². The van der Waals surface area contributed by atoms with Crippen LogP contribution in [-0.2, 0) is 0 Å². The number of rotatable bonds is 4. The van der Waals surface area contributed by atoms with Gasteiger partial charge in [-0.1, -0.05) is 0 Å². The normalized spacial score (nSPS) is 11.5. The summed E-state index contributed by atoms with van der Waals surface area (Å²) in [4.78, 5) is 11.7. The highest BCUT2D eigenvalue weighted by Gasteiger charge is 2.14. The molecule has 0 aliphatic heterocycles. The molecule has 1 heterocycles. The van der Waals surface area contributed by atoms with Gasteiger partial charge in [-0.15, -0.1) is 0 Å². The molecule has 0 saturated carbocycles. The van der Waals surface area contributed by atoms with Crippen LogP contribution in [0.2, 0.25) is 0 Å². The Kier molecular flexibility index (Phi) is 4.56. The van der Waals surface area contributed by atoms with E-state index in [-0.39, 0.29) is 11.3 Å². The molecule has 0 atom stereocenters. The molecule has 1 N–H and O–H groups in total. The Morgan fingerprint density at radius 1 is 1.69 bits per heavy atom. The summed E-state index contributed by atoms with van der Waals surface area (Å²) in [6.45, 7) is 3.69. The van der Waals surface area contributed by atoms with E-state index in [1.165, 1.54) is 9.86 Å². The largest absolute Gasteiger partial charge is 0.487 e. The Morgan fingerprint density at radius 3 is 2.88 bits per heavy atom. The van der Waals surface area contributed by atoms with Crippen molar-refractivity contribution in [2.45, 2.75) is 25.9 Å². The zero-order chi connectivity index (χ0) is 12.3. The SMILES string of the molecule is CC(C)(O)CCOc1c(Br)cn[n]([AlH2])c1=O. The predicted octanol–water partition coefficient (Wildman–Crippen LogP) is -0.0582. The minimum absolute atomic E-state index is 0.239. The Morgan fingerprint density at radius 2 is 2.31 bits per heavy atom. The Hall–Kier alpha value is -0.348. The molecule has 0 amide bonds. The lowest BCUT2D eigenvalue weighted by molar-refractivity contribution is 0.0549. The van der Waals surface area contributed by atoms with Gasteiger partial charge in [0.2, 0.25) is 0 Å². The van der Waals surface area contributed by atoms with Crippen molar-refractivity contribution in [1.82, 2.24) is 8.76 Å². The quantitative estimate of drug-likeness (QED) is 0.792. The monoisotopic (exact) mass is 304 g/mol. The maximum Gasteiger partial charge on any atom is 0.404 e. The van der Waals surface area contributed by atoms with Crippen LogP contribution in [0.4, 0.5) is 0 Å². The molecule has 1 aromatic heterocycles. The smallest absolute Gasteiger partial charge is 0.404 e. The van der Waals surface area contributed by atoms with E-state index in [4.69, 9.17) is 4.74 Å². The van der Waals surface area contributed by atoms with Gasteiger partial charge in [-0.05, 0) is 29.8 Å². The standard InChI is InChI=1S/C9H13BrN2O3.Al.2H/c1-9(2,14)3-4-15-7-6(10)5-11-12-8(7)13;;;/h5,14H,3-4H2,1-2H3,(H,12,13);;;/q;+1;;/p-1. The van der Waals surface area contributed by atoms with E-state index in [1.807, 2.05) is 0 Å². The maximum atomic E-state index is 11.7. The summed E-state index contributed by atoms with van der Waals surface area (Å²) >= 11 is 3.73. The van der Waals surface area contributed by atoms with Crippen LogP contribution in [0, 0.1) is 0 Å². The molecule has 0 unspecified atom stereocenters. The number of ether oxygens (including phenoxy) is 1. The fourth-order valence-corrected chi connectivity index (χ4v) is 1.73. The molecular weight excluding hydrogens is 291 g/mol. The van der Waals surface area contributed by atoms with Gasteiger partial charge in [0.05, 0.1) is 22.9 Å². The summed E-state index contributed by atoms with van der Waals surface area (Å²) in [5.74, 6) is 0.259. The second kappa shape index (κ2) is 5.32. The lowest BCUT2D eigenvalue weighted by atomic mass is 10.1. The number of hydrogen-bond acceptors (Lipinski definition) is 4. The van der Waals surface area contributed by atoms with Crippen LogP contribution in [0.1, 0.15) is 20.3 Å². The molecule has 5 nitrogen and oxygen atoms in total. The van der Waals surface area contributed by atoms with Crippen molar-refractivity contribution in [3.05, 3.63) is 21.0 Å². The summed E-state index contributed by atoms with van der Waals surface area (Å²) in [6, 6.07) is 0. The number of nitrogens with zero attached hydrogens (tertiary/aromatic N) is 2. The third-order valence-corrected chi connectivity index (χ3v) is 3.21. The van der Waals surface area contributed by atoms with Crippen molar-refractivity contribution in [3.63, 3.8) is 0 Å². The molecule has 0 aliphatic carbocycles. The molecule has 0 aromatic carbocycles. The molecule has 1 rings (SSSR count). The van der Waals surface area contributed by atoms with Crippen LogP contribution in [0.25, 0.3) is 0 Å². The molecule has 0 radical (unpaired) electrons. The van der Waals surface area contributed by atoms with Crippen molar-refractivity contribution in [1.29, 1.82) is 0 Å². The van der Waals surface area contributed by atoms with Gasteiger partial charge in [0.15, 0.2) is 5.75 Å². The van der Waals surface area contributed by atoms with E-state index >= 15 is 0 Å². The van der Waals surface area contributed by atoms with E-state index in [2.05, 4.69) is 21.0 Å². The first-order valence-corrected chi connectivity index (χ1v) is 6.57. The van der Waals surface area contributed by atoms with Gasteiger partial charge in [0.1, 0.15) is 0 Å². The highest BCUT2D eigenvalue weighted by Crippen LogP contribution is 2.19. The molecule has 0 bridgehead atoms. The van der Waals surface area contributed by atoms with E-state index in [1.54, 1.807) is 13.8 Å². The molecule has 0 fully saturated rings. The second-order valence-electron chi connectivity index (χ2n) is 4.16. The predicted molar refractivity (Wildman–Crippen MR) is 66.5 cm³/mol. The zero-order valence-electron chi connectivity index (χ0n) is 9.53. The highest BCUT2D eigenvalue weighted by atomic mass is 79.9. The average Bonchev–Trinajstić information content (AvgIpc) is 2.16. The molecular formula is C9H14AlBrN2O3. The van der Waals surface area contributed by atoms with Crippen LogP contribution in [0.15, 0.2) is 15.5 Å². The summed E-state index contributed by atoms with van der Waals surface area (Å²) in [6.07, 6.45) is 2.00. The zero-order valence-corrected chi connectivity index (χ0v) is 13.1. The number of aromatic nitrogens is 2. The third-order valence-electron chi connectivity index (χ3n) is 2.01. The summed E-state index contributed by atoms with van der Waals surface area (Å²) in [7, 11) is 0. The average molecular weight is 305 g/mol. The Labute approximate surface area is 110 Å². The topological polar surface area (TPSA) is 64.3 Å². The number of aliphatic hydroxyl groups is 1. The first-order chi connectivity index (χ1) is 7.31. The van der Waals surface area contributed by atoms with Gasteiger partial charge >= 0.3 is 16.5 Å². The van der Waals surface area contributed by atoms with E-state index in [9.17, 15) is 9.90 Å². The number of hydrogen-bond donors (Lipinski definition) is 1. The minimum Gasteiger partial charge on any atom is -0.487 e. The van der Waals surface area contributed by atoms with Crippen LogP contribution < -0.4 is 10.3 Å².